The van der Waals surface area contributed by atoms with Gasteiger partial charge in [0.2, 0.25) is 5.91 Å². The van der Waals surface area contributed by atoms with Crippen molar-refractivity contribution >= 4 is 28.2 Å². The van der Waals surface area contributed by atoms with Crippen LogP contribution in [0.1, 0.15) is 31.7 Å². The zero-order chi connectivity index (χ0) is 18.6. The maximum absolute atomic E-state index is 12.3. The smallest absolute Gasteiger partial charge is 0.224 e. The summed E-state index contributed by atoms with van der Waals surface area (Å²) in [6, 6.07) is 16.5. The fourth-order valence-corrected chi connectivity index (χ4v) is 3.93. The Hall–Kier alpha value is -2.75. The van der Waals surface area contributed by atoms with Crippen molar-refractivity contribution in [3.63, 3.8) is 0 Å². The predicted molar refractivity (Wildman–Crippen MR) is 112 cm³/mol. The van der Waals surface area contributed by atoms with E-state index in [0.29, 0.717) is 6.42 Å². The van der Waals surface area contributed by atoms with Gasteiger partial charge in [0, 0.05) is 48.0 Å². The summed E-state index contributed by atoms with van der Waals surface area (Å²) in [5.74, 6) is 0.846. The molecule has 2 aromatic carbocycles. The molecule has 140 valence electrons. The Morgan fingerprint density at radius 2 is 2.00 bits per heavy atom. The summed E-state index contributed by atoms with van der Waals surface area (Å²) >= 11 is 0. The lowest BCUT2D eigenvalue weighted by Gasteiger charge is -2.18. The zero-order valence-electron chi connectivity index (χ0n) is 15.9. The number of H-pyrrole nitrogens is 1. The number of nitrogens with zero attached hydrogens (tertiary/aromatic N) is 1. The van der Waals surface area contributed by atoms with E-state index in [9.17, 15) is 4.79 Å². The zero-order valence-corrected chi connectivity index (χ0v) is 15.9. The molecule has 0 radical (unpaired) electrons. The molecule has 0 aliphatic carbocycles. The van der Waals surface area contributed by atoms with Gasteiger partial charge in [-0.2, -0.15) is 0 Å². The number of aromatic amines is 1. The third-order valence-electron chi connectivity index (χ3n) is 5.46. The summed E-state index contributed by atoms with van der Waals surface area (Å²) in [4.78, 5) is 18.0. The minimum Gasteiger partial charge on any atom is -0.371 e. The fourth-order valence-electron chi connectivity index (χ4n) is 3.93. The van der Waals surface area contributed by atoms with Crippen LogP contribution in [0.15, 0.2) is 54.7 Å². The van der Waals surface area contributed by atoms with Crippen LogP contribution in [0.4, 0.5) is 11.4 Å². The molecule has 2 N–H and O–H groups in total. The number of nitrogens with one attached hydrogen (secondary N) is 2. The van der Waals surface area contributed by atoms with Gasteiger partial charge in [0.05, 0.1) is 0 Å². The molecule has 27 heavy (non-hydrogen) atoms. The number of carbonyl (C=O) groups excluding carboxylic acids is 1. The van der Waals surface area contributed by atoms with Crippen LogP contribution in [-0.4, -0.2) is 24.0 Å². The highest BCUT2D eigenvalue weighted by Gasteiger charge is 2.18. The molecule has 2 heterocycles. The Bertz CT molecular complexity index is 913. The highest BCUT2D eigenvalue weighted by atomic mass is 16.1. The third kappa shape index (κ3) is 4.16. The molecule has 1 aliphatic heterocycles. The first-order chi connectivity index (χ1) is 13.2. The predicted octanol–water partition coefficient (Wildman–Crippen LogP) is 4.98. The van der Waals surface area contributed by atoms with Crippen LogP contribution >= 0.6 is 0 Å². The first-order valence-corrected chi connectivity index (χ1v) is 9.89. The number of hydrogen-bond donors (Lipinski definition) is 2. The second-order valence-corrected chi connectivity index (χ2v) is 7.65. The normalized spacial score (nSPS) is 16.8. The number of aromatic nitrogens is 1. The summed E-state index contributed by atoms with van der Waals surface area (Å²) in [6.07, 6.45) is 5.60. The monoisotopic (exact) mass is 361 g/mol. The molecule has 0 bridgehead atoms. The summed E-state index contributed by atoms with van der Waals surface area (Å²) in [6.45, 7) is 4.55. The van der Waals surface area contributed by atoms with E-state index in [4.69, 9.17) is 0 Å². The van der Waals surface area contributed by atoms with Crippen LogP contribution in [0.25, 0.3) is 10.9 Å². The molecule has 1 saturated heterocycles. The van der Waals surface area contributed by atoms with Crippen molar-refractivity contribution in [3.05, 3.63) is 60.3 Å². The van der Waals surface area contributed by atoms with Gasteiger partial charge < -0.3 is 15.2 Å². The summed E-state index contributed by atoms with van der Waals surface area (Å²) < 4.78 is 0. The standard InChI is InChI=1S/C23H27N3O/c1-17-13-14-26(16-17)20-11-9-19(10-12-20)25-23(27)8-4-5-18-15-24-22-7-3-2-6-21(18)22/h2-3,6-7,9-12,15,17,24H,4-5,8,13-14,16H2,1H3,(H,25,27). The molecule has 4 rings (SSSR count). The highest BCUT2D eigenvalue weighted by molar-refractivity contribution is 5.91. The SMILES string of the molecule is CC1CCN(c2ccc(NC(=O)CCCc3c[nH]c4ccccc34)cc2)C1. The van der Waals surface area contributed by atoms with E-state index >= 15 is 0 Å². The largest absolute Gasteiger partial charge is 0.371 e. The molecule has 0 spiro atoms. The van der Waals surface area contributed by atoms with E-state index in [1.165, 1.54) is 23.1 Å². The van der Waals surface area contributed by atoms with Crippen molar-refractivity contribution in [2.45, 2.75) is 32.6 Å². The average molecular weight is 361 g/mol. The highest BCUT2D eigenvalue weighted by Crippen LogP contribution is 2.25. The van der Waals surface area contributed by atoms with Crippen molar-refractivity contribution in [2.75, 3.05) is 23.3 Å². The minimum atomic E-state index is 0.0809. The molecule has 0 saturated carbocycles. The number of para-hydroxylation sites is 1. The molecule has 3 aromatic rings. The Labute approximate surface area is 160 Å². The summed E-state index contributed by atoms with van der Waals surface area (Å²) in [5.41, 5.74) is 4.56. The molecule has 1 amide bonds. The molecule has 1 aromatic heterocycles. The Kier molecular flexibility index (Phi) is 5.14. The quantitative estimate of drug-likeness (QED) is 0.651. The molecule has 4 heteroatoms. The number of aryl methyl sites for hydroxylation is 1. The van der Waals surface area contributed by atoms with Crippen molar-refractivity contribution < 1.29 is 4.79 Å². The molecule has 1 unspecified atom stereocenters. The van der Waals surface area contributed by atoms with Gasteiger partial charge in [0.15, 0.2) is 0 Å². The Morgan fingerprint density at radius 1 is 1.19 bits per heavy atom. The van der Waals surface area contributed by atoms with E-state index in [1.54, 1.807) is 0 Å². The topological polar surface area (TPSA) is 48.1 Å². The number of anilines is 2. The van der Waals surface area contributed by atoms with Crippen molar-refractivity contribution in [2.24, 2.45) is 5.92 Å². The van der Waals surface area contributed by atoms with Gasteiger partial charge in [0.1, 0.15) is 0 Å². The minimum absolute atomic E-state index is 0.0809. The number of rotatable bonds is 6. The first kappa shape index (κ1) is 17.7. The lowest BCUT2D eigenvalue weighted by molar-refractivity contribution is -0.116. The Morgan fingerprint density at radius 3 is 2.78 bits per heavy atom. The van der Waals surface area contributed by atoms with Crippen molar-refractivity contribution in [3.8, 4) is 0 Å². The van der Waals surface area contributed by atoms with Crippen LogP contribution < -0.4 is 10.2 Å². The van der Waals surface area contributed by atoms with E-state index in [2.05, 4.69) is 58.7 Å². The van der Waals surface area contributed by atoms with E-state index in [1.807, 2.05) is 18.2 Å². The van der Waals surface area contributed by atoms with E-state index in [0.717, 1.165) is 43.1 Å². The van der Waals surface area contributed by atoms with Gasteiger partial charge >= 0.3 is 0 Å². The van der Waals surface area contributed by atoms with Gasteiger partial charge in [0.25, 0.3) is 0 Å². The van der Waals surface area contributed by atoms with Gasteiger partial charge in [-0.15, -0.1) is 0 Å². The first-order valence-electron chi connectivity index (χ1n) is 9.89. The number of carbonyl (C=O) groups is 1. The second-order valence-electron chi connectivity index (χ2n) is 7.65. The summed E-state index contributed by atoms with van der Waals surface area (Å²) in [5, 5.41) is 4.27. The van der Waals surface area contributed by atoms with Crippen LogP contribution in [0.5, 0.6) is 0 Å². The lowest BCUT2D eigenvalue weighted by Crippen LogP contribution is -2.19. The third-order valence-corrected chi connectivity index (χ3v) is 5.46. The molecule has 1 fully saturated rings. The number of fused-ring (bicyclic) bond motifs is 1. The molecular weight excluding hydrogens is 334 g/mol. The van der Waals surface area contributed by atoms with Crippen molar-refractivity contribution in [1.82, 2.24) is 4.98 Å². The Balaban J connectivity index is 1.27. The summed E-state index contributed by atoms with van der Waals surface area (Å²) in [7, 11) is 0. The van der Waals surface area contributed by atoms with Crippen molar-refractivity contribution in [1.29, 1.82) is 0 Å². The van der Waals surface area contributed by atoms with Gasteiger partial charge in [-0.25, -0.2) is 0 Å². The van der Waals surface area contributed by atoms with Crippen LogP contribution in [-0.2, 0) is 11.2 Å². The average Bonchev–Trinajstić information content (AvgIpc) is 3.29. The maximum Gasteiger partial charge on any atom is 0.224 e. The number of amides is 1. The number of benzene rings is 2. The fraction of sp³-hybridized carbons (Fsp3) is 0.348. The molecular formula is C23H27N3O. The lowest BCUT2D eigenvalue weighted by atomic mass is 10.1. The van der Waals surface area contributed by atoms with Crippen LogP contribution in [0.3, 0.4) is 0 Å². The second kappa shape index (κ2) is 7.87. The van der Waals surface area contributed by atoms with Gasteiger partial charge in [-0.1, -0.05) is 25.1 Å². The van der Waals surface area contributed by atoms with Gasteiger partial charge in [-0.3, -0.25) is 4.79 Å². The molecule has 1 aliphatic rings. The molecule has 4 nitrogen and oxygen atoms in total. The van der Waals surface area contributed by atoms with Gasteiger partial charge in [-0.05, 0) is 61.1 Å². The molecule has 1 atom stereocenters. The maximum atomic E-state index is 12.3. The van der Waals surface area contributed by atoms with Crippen LogP contribution in [0, 0.1) is 5.92 Å². The van der Waals surface area contributed by atoms with Crippen LogP contribution in [0.2, 0.25) is 0 Å². The van der Waals surface area contributed by atoms with E-state index in [-0.39, 0.29) is 5.91 Å². The number of hydrogen-bond acceptors (Lipinski definition) is 2. The van der Waals surface area contributed by atoms with E-state index < -0.39 is 0 Å².